The van der Waals surface area contributed by atoms with Crippen LogP contribution in [-0.4, -0.2) is 25.6 Å². The molecule has 2 aromatic carbocycles. The average Bonchev–Trinajstić information content (AvgIpc) is 3.39. The molecule has 0 saturated heterocycles. The Kier molecular flexibility index (Phi) is 4.56. The van der Waals surface area contributed by atoms with E-state index in [1.807, 2.05) is 43.3 Å². The van der Waals surface area contributed by atoms with Gasteiger partial charge in [-0.2, -0.15) is 10.5 Å². The number of nitrogens with one attached hydrogen (secondary N) is 2. The van der Waals surface area contributed by atoms with Gasteiger partial charge in [-0.3, -0.25) is 0 Å². The molecule has 8 nitrogen and oxygen atoms in total. The predicted molar refractivity (Wildman–Crippen MR) is 105 cm³/mol. The van der Waals surface area contributed by atoms with E-state index in [1.165, 1.54) is 5.56 Å². The molecule has 0 saturated carbocycles. The van der Waals surface area contributed by atoms with Gasteiger partial charge in [-0.25, -0.2) is 4.98 Å². The molecule has 0 aliphatic carbocycles. The van der Waals surface area contributed by atoms with E-state index in [-0.39, 0.29) is 11.4 Å². The van der Waals surface area contributed by atoms with E-state index in [1.54, 1.807) is 6.20 Å². The number of fused-ring (bicyclic) bond motifs is 1. The van der Waals surface area contributed by atoms with E-state index in [9.17, 15) is 5.26 Å². The first kappa shape index (κ1) is 17.4. The number of rotatable bonds is 5. The topological polar surface area (TPSA) is 116 Å². The van der Waals surface area contributed by atoms with Crippen molar-refractivity contribution in [1.82, 2.24) is 25.6 Å². The number of aromatic amines is 1. The number of oxazole rings is 1. The van der Waals surface area contributed by atoms with Gasteiger partial charge in [-0.1, -0.05) is 19.1 Å². The third-order valence-electron chi connectivity index (χ3n) is 4.42. The molecule has 4 rings (SSSR count). The van der Waals surface area contributed by atoms with Crippen molar-refractivity contribution in [3.63, 3.8) is 0 Å². The number of benzene rings is 2. The number of allylic oxidation sites excluding steroid dienone is 1. The summed E-state index contributed by atoms with van der Waals surface area (Å²) in [5.74, 6) is 0.781. The minimum atomic E-state index is 0.231. The molecular weight excluding hydrogens is 354 g/mol. The van der Waals surface area contributed by atoms with E-state index >= 15 is 0 Å². The van der Waals surface area contributed by atoms with Crippen molar-refractivity contribution in [1.29, 1.82) is 5.26 Å². The van der Waals surface area contributed by atoms with Gasteiger partial charge in [0.25, 0.3) is 0 Å². The second kappa shape index (κ2) is 7.32. The maximum atomic E-state index is 9.30. The van der Waals surface area contributed by atoms with E-state index in [4.69, 9.17) is 4.42 Å². The van der Waals surface area contributed by atoms with Crippen LogP contribution in [0, 0.1) is 18.3 Å². The number of aromatic nitrogens is 5. The number of tetrazole rings is 1. The summed E-state index contributed by atoms with van der Waals surface area (Å²) >= 11 is 0. The van der Waals surface area contributed by atoms with Crippen LogP contribution >= 0.6 is 0 Å². The van der Waals surface area contributed by atoms with Gasteiger partial charge in [0, 0.05) is 17.5 Å². The summed E-state index contributed by atoms with van der Waals surface area (Å²) in [5.41, 5.74) is 5.76. The Morgan fingerprint density at radius 1 is 1.29 bits per heavy atom. The quantitative estimate of drug-likeness (QED) is 0.512. The van der Waals surface area contributed by atoms with Gasteiger partial charge < -0.3 is 9.73 Å². The smallest absolute Gasteiger partial charge is 0.227 e. The Hall–Kier alpha value is -3.99. The molecular formula is C20H17N7O. The Morgan fingerprint density at radius 3 is 2.93 bits per heavy atom. The predicted octanol–water partition coefficient (Wildman–Crippen LogP) is 3.86. The molecule has 4 aromatic rings. The summed E-state index contributed by atoms with van der Waals surface area (Å²) < 4.78 is 5.92. The SMILES string of the molecule is CCc1ccc2oc(-c3ccc(C)c(NC=C(C#N)c4nn[nH]n4)c3)nc2c1. The highest BCUT2D eigenvalue weighted by Crippen LogP contribution is 2.28. The molecule has 0 radical (unpaired) electrons. The van der Waals surface area contributed by atoms with Crippen LogP contribution in [0.1, 0.15) is 23.9 Å². The molecule has 0 atom stereocenters. The first-order chi connectivity index (χ1) is 13.7. The van der Waals surface area contributed by atoms with Crippen molar-refractivity contribution < 1.29 is 4.42 Å². The lowest BCUT2D eigenvalue weighted by molar-refractivity contribution is 0.620. The first-order valence-electron chi connectivity index (χ1n) is 8.79. The fourth-order valence-electron chi connectivity index (χ4n) is 2.80. The van der Waals surface area contributed by atoms with Crippen molar-refractivity contribution in [2.45, 2.75) is 20.3 Å². The Morgan fingerprint density at radius 2 is 2.18 bits per heavy atom. The molecule has 0 unspecified atom stereocenters. The lowest BCUT2D eigenvalue weighted by Gasteiger charge is -2.07. The van der Waals surface area contributed by atoms with Crippen LogP contribution in [0.4, 0.5) is 5.69 Å². The lowest BCUT2D eigenvalue weighted by Crippen LogP contribution is -1.95. The molecule has 0 aliphatic heterocycles. The summed E-state index contributed by atoms with van der Waals surface area (Å²) in [6.07, 6.45) is 2.50. The van der Waals surface area contributed by atoms with Gasteiger partial charge >= 0.3 is 0 Å². The van der Waals surface area contributed by atoms with Crippen LogP contribution in [0.3, 0.4) is 0 Å². The third kappa shape index (κ3) is 3.33. The highest BCUT2D eigenvalue weighted by Gasteiger charge is 2.11. The maximum absolute atomic E-state index is 9.30. The molecule has 0 spiro atoms. The van der Waals surface area contributed by atoms with Gasteiger partial charge in [0.2, 0.25) is 11.7 Å². The second-order valence-electron chi connectivity index (χ2n) is 6.25. The van der Waals surface area contributed by atoms with Gasteiger partial charge in [-0.05, 0) is 54.0 Å². The van der Waals surface area contributed by atoms with Crippen LogP contribution in [0.2, 0.25) is 0 Å². The fraction of sp³-hybridized carbons (Fsp3) is 0.150. The number of hydrogen-bond donors (Lipinski definition) is 2. The Bertz CT molecular complexity index is 1200. The molecule has 28 heavy (non-hydrogen) atoms. The minimum absolute atomic E-state index is 0.231. The van der Waals surface area contributed by atoms with Crippen LogP contribution in [-0.2, 0) is 6.42 Å². The van der Waals surface area contributed by atoms with Gasteiger partial charge in [0.05, 0.1) is 0 Å². The van der Waals surface area contributed by atoms with E-state index in [0.717, 1.165) is 34.3 Å². The second-order valence-corrected chi connectivity index (χ2v) is 6.25. The zero-order chi connectivity index (χ0) is 19.5. The molecule has 0 amide bonds. The maximum Gasteiger partial charge on any atom is 0.227 e. The van der Waals surface area contributed by atoms with Crippen LogP contribution in [0.15, 0.2) is 47.0 Å². The van der Waals surface area contributed by atoms with Gasteiger partial charge in [0.1, 0.15) is 17.2 Å². The number of H-pyrrole nitrogens is 1. The average molecular weight is 371 g/mol. The van der Waals surface area contributed by atoms with Crippen molar-refractivity contribution in [2.24, 2.45) is 0 Å². The standard InChI is InChI=1S/C20H17N7O/c1-3-13-5-7-18-17(8-13)23-20(28-18)14-6-4-12(2)16(9-14)22-11-15(10-21)19-24-26-27-25-19/h4-9,11,22H,3H2,1-2H3,(H,24,25,26,27). The highest BCUT2D eigenvalue weighted by atomic mass is 16.3. The number of nitriles is 1. The number of aryl methyl sites for hydroxylation is 2. The monoisotopic (exact) mass is 371 g/mol. The molecule has 8 heteroatoms. The van der Waals surface area contributed by atoms with Gasteiger partial charge in [0.15, 0.2) is 5.58 Å². The summed E-state index contributed by atoms with van der Waals surface area (Å²) in [5, 5.41) is 25.9. The lowest BCUT2D eigenvalue weighted by atomic mass is 10.1. The van der Waals surface area contributed by atoms with Crippen LogP contribution < -0.4 is 5.32 Å². The van der Waals surface area contributed by atoms with Crippen molar-refractivity contribution in [2.75, 3.05) is 5.32 Å². The number of nitrogens with zero attached hydrogens (tertiary/aromatic N) is 5. The van der Waals surface area contributed by atoms with Crippen molar-refractivity contribution in [3.05, 3.63) is 59.5 Å². The highest BCUT2D eigenvalue weighted by molar-refractivity contribution is 5.79. The van der Waals surface area contributed by atoms with Crippen LogP contribution in [0.5, 0.6) is 0 Å². The molecule has 2 heterocycles. The Balaban J connectivity index is 1.66. The summed E-state index contributed by atoms with van der Waals surface area (Å²) in [6.45, 7) is 4.08. The van der Waals surface area contributed by atoms with Gasteiger partial charge in [-0.15, -0.1) is 10.2 Å². The molecule has 0 fully saturated rings. The van der Waals surface area contributed by atoms with E-state index < -0.39 is 0 Å². The largest absolute Gasteiger partial charge is 0.436 e. The summed E-state index contributed by atoms with van der Waals surface area (Å²) in [4.78, 5) is 4.62. The van der Waals surface area contributed by atoms with Crippen LogP contribution in [0.25, 0.3) is 28.1 Å². The number of anilines is 1. The molecule has 2 aromatic heterocycles. The molecule has 0 aliphatic rings. The first-order valence-corrected chi connectivity index (χ1v) is 8.79. The fourth-order valence-corrected chi connectivity index (χ4v) is 2.80. The summed E-state index contributed by atoms with van der Waals surface area (Å²) in [6, 6.07) is 14.0. The zero-order valence-corrected chi connectivity index (χ0v) is 15.4. The van der Waals surface area contributed by atoms with Crippen molar-refractivity contribution >= 4 is 22.4 Å². The van der Waals surface area contributed by atoms with E-state index in [2.05, 4.69) is 43.9 Å². The Labute approximate surface area is 160 Å². The molecule has 138 valence electrons. The third-order valence-corrected chi connectivity index (χ3v) is 4.42. The molecule has 2 N–H and O–H groups in total. The number of hydrogen-bond acceptors (Lipinski definition) is 7. The van der Waals surface area contributed by atoms with E-state index in [0.29, 0.717) is 5.89 Å². The normalized spacial score (nSPS) is 11.5. The molecule has 0 bridgehead atoms. The minimum Gasteiger partial charge on any atom is -0.436 e. The van der Waals surface area contributed by atoms with Crippen molar-refractivity contribution in [3.8, 4) is 17.5 Å². The summed E-state index contributed by atoms with van der Waals surface area (Å²) in [7, 11) is 0. The zero-order valence-electron chi connectivity index (χ0n) is 15.4.